The topological polar surface area (TPSA) is 77.0 Å². The summed E-state index contributed by atoms with van der Waals surface area (Å²) in [6, 6.07) is 2.02. The van der Waals surface area contributed by atoms with Crippen LogP contribution in [0.2, 0.25) is 0 Å². The van der Waals surface area contributed by atoms with Crippen molar-refractivity contribution in [1.82, 2.24) is 14.5 Å². The van der Waals surface area contributed by atoms with Crippen molar-refractivity contribution in [3.05, 3.63) is 29.8 Å². The van der Waals surface area contributed by atoms with Gasteiger partial charge in [0.25, 0.3) is 0 Å². The lowest BCUT2D eigenvalue weighted by Crippen LogP contribution is -2.59. The van der Waals surface area contributed by atoms with Gasteiger partial charge in [0.15, 0.2) is 0 Å². The number of nitrogens with zero attached hydrogens (tertiary/aromatic N) is 3. The molecule has 2 aromatic heterocycles. The molecule has 0 aliphatic heterocycles. The highest BCUT2D eigenvalue weighted by Crippen LogP contribution is 2.63. The zero-order valence-corrected chi connectivity index (χ0v) is 14.0. The van der Waals surface area contributed by atoms with Gasteiger partial charge in [-0.15, -0.1) is 0 Å². The number of nitrogens with two attached hydrogens (primary N) is 1. The zero-order valence-electron chi connectivity index (χ0n) is 14.0. The van der Waals surface area contributed by atoms with Crippen molar-refractivity contribution in [2.24, 2.45) is 11.8 Å². The molecule has 1 atom stereocenters. The molecular formula is C18H24N4O. The second-order valence-corrected chi connectivity index (χ2v) is 7.67. The van der Waals surface area contributed by atoms with E-state index >= 15 is 0 Å². The molecule has 3 N–H and O–H groups in total. The maximum atomic E-state index is 10.6. The van der Waals surface area contributed by atoms with Crippen LogP contribution in [0.15, 0.2) is 18.5 Å². The lowest BCUT2D eigenvalue weighted by molar-refractivity contribution is -0.0949. The number of hydrogen-bond donors (Lipinski definition) is 2. The quantitative estimate of drug-likeness (QED) is 0.909. The summed E-state index contributed by atoms with van der Waals surface area (Å²) in [7, 11) is 0. The number of aliphatic hydroxyl groups excluding tert-OH is 1. The van der Waals surface area contributed by atoms with E-state index in [-0.39, 0.29) is 11.5 Å². The van der Waals surface area contributed by atoms with Gasteiger partial charge in [0.05, 0.1) is 5.69 Å². The van der Waals surface area contributed by atoms with Crippen LogP contribution in [-0.4, -0.2) is 19.6 Å². The highest BCUT2D eigenvalue weighted by molar-refractivity contribution is 5.61. The molecule has 0 saturated heterocycles. The molecule has 3 fully saturated rings. The number of rotatable bonds is 4. The Hall–Kier alpha value is -1.88. The average molecular weight is 312 g/mol. The highest BCUT2D eigenvalue weighted by Gasteiger charge is 2.58. The monoisotopic (exact) mass is 312 g/mol. The molecule has 23 heavy (non-hydrogen) atoms. The molecule has 5 rings (SSSR count). The van der Waals surface area contributed by atoms with Gasteiger partial charge in [0.2, 0.25) is 0 Å². The van der Waals surface area contributed by atoms with Crippen molar-refractivity contribution in [3.63, 3.8) is 0 Å². The number of hydrogen-bond acceptors (Lipinski definition) is 4. The van der Waals surface area contributed by atoms with E-state index in [1.165, 1.54) is 19.3 Å². The van der Waals surface area contributed by atoms with Crippen molar-refractivity contribution in [2.45, 2.75) is 51.7 Å². The first kappa shape index (κ1) is 14.7. The molecule has 0 radical (unpaired) electrons. The number of anilines is 1. The third-order valence-electron chi connectivity index (χ3n) is 5.56. The molecule has 5 heteroatoms. The van der Waals surface area contributed by atoms with E-state index < -0.39 is 6.10 Å². The van der Waals surface area contributed by atoms with Crippen LogP contribution >= 0.6 is 0 Å². The van der Waals surface area contributed by atoms with E-state index in [0.717, 1.165) is 28.6 Å². The summed E-state index contributed by atoms with van der Waals surface area (Å²) < 4.78 is 2.25. The van der Waals surface area contributed by atoms with Crippen molar-refractivity contribution in [3.8, 4) is 11.3 Å². The zero-order chi connectivity index (χ0) is 16.4. The van der Waals surface area contributed by atoms with E-state index in [9.17, 15) is 5.11 Å². The van der Waals surface area contributed by atoms with Crippen LogP contribution in [0, 0.1) is 18.8 Å². The molecule has 0 spiro atoms. The molecule has 3 aliphatic rings. The molecule has 0 amide bonds. The fourth-order valence-electron chi connectivity index (χ4n) is 3.87. The Morgan fingerprint density at radius 3 is 2.57 bits per heavy atom. The lowest BCUT2D eigenvalue weighted by atomic mass is 9.49. The Balaban J connectivity index is 1.79. The average Bonchev–Trinajstić information content (AvgIpc) is 2.82. The molecule has 3 saturated carbocycles. The second-order valence-electron chi connectivity index (χ2n) is 7.67. The third kappa shape index (κ3) is 2.10. The maximum absolute atomic E-state index is 10.6. The van der Waals surface area contributed by atoms with Crippen LogP contribution in [0.3, 0.4) is 0 Å². The first-order chi connectivity index (χ1) is 10.9. The molecule has 122 valence electrons. The Morgan fingerprint density at radius 2 is 2.04 bits per heavy atom. The molecule has 5 nitrogen and oxygen atoms in total. The van der Waals surface area contributed by atoms with Crippen LogP contribution < -0.4 is 5.73 Å². The molecular weight excluding hydrogens is 288 g/mol. The van der Waals surface area contributed by atoms with Gasteiger partial charge in [0, 0.05) is 23.5 Å². The number of imidazole rings is 1. The number of aryl methyl sites for hydroxylation is 1. The minimum Gasteiger partial charge on any atom is -0.385 e. The van der Waals surface area contributed by atoms with Crippen LogP contribution in [0.4, 0.5) is 5.82 Å². The van der Waals surface area contributed by atoms with Gasteiger partial charge in [-0.25, -0.2) is 9.97 Å². The standard InChI is InChI=1S/C18H24N4O/c1-10(2)15(23)17-21-14(13-4-11(3)16(19)20-8-13)9-22(17)18-5-12(6-18)7-18/h4,8-10,12,15,23H,5-7H2,1-3H3,(H2,19,20). The van der Waals surface area contributed by atoms with Gasteiger partial charge < -0.3 is 15.4 Å². The van der Waals surface area contributed by atoms with Crippen LogP contribution in [0.25, 0.3) is 11.3 Å². The van der Waals surface area contributed by atoms with Crippen molar-refractivity contribution in [2.75, 3.05) is 5.73 Å². The van der Waals surface area contributed by atoms with Gasteiger partial charge in [-0.1, -0.05) is 13.8 Å². The van der Waals surface area contributed by atoms with E-state index in [2.05, 4.69) is 15.7 Å². The Labute approximate surface area is 136 Å². The predicted octanol–water partition coefficient (Wildman–Crippen LogP) is 3.03. The Kier molecular flexibility index (Phi) is 3.07. The summed E-state index contributed by atoms with van der Waals surface area (Å²) in [6.07, 6.45) is 6.99. The smallest absolute Gasteiger partial charge is 0.139 e. The van der Waals surface area contributed by atoms with E-state index in [1.807, 2.05) is 26.8 Å². The van der Waals surface area contributed by atoms with Crippen LogP contribution in [0.1, 0.15) is 50.6 Å². The van der Waals surface area contributed by atoms with E-state index in [1.54, 1.807) is 6.20 Å². The fourth-order valence-corrected chi connectivity index (χ4v) is 3.87. The summed E-state index contributed by atoms with van der Waals surface area (Å²) in [6.45, 7) is 6.01. The van der Waals surface area contributed by atoms with Crippen molar-refractivity contribution >= 4 is 5.82 Å². The summed E-state index contributed by atoms with van der Waals surface area (Å²) >= 11 is 0. The Morgan fingerprint density at radius 1 is 1.35 bits per heavy atom. The van der Waals surface area contributed by atoms with E-state index in [4.69, 9.17) is 10.7 Å². The SMILES string of the molecule is Cc1cc(-c2cn(C34CC(C3)C4)c(C(O)C(C)C)n2)cnc1N. The molecule has 2 heterocycles. The van der Waals surface area contributed by atoms with Crippen molar-refractivity contribution < 1.29 is 5.11 Å². The summed E-state index contributed by atoms with van der Waals surface area (Å²) in [5.74, 6) is 2.37. The summed E-state index contributed by atoms with van der Waals surface area (Å²) in [4.78, 5) is 9.02. The second kappa shape index (κ2) is 4.81. The molecule has 3 aliphatic carbocycles. The largest absolute Gasteiger partial charge is 0.385 e. The maximum Gasteiger partial charge on any atom is 0.139 e. The van der Waals surface area contributed by atoms with E-state index in [0.29, 0.717) is 5.82 Å². The number of aromatic nitrogens is 3. The normalized spacial score (nSPS) is 26.7. The number of pyridine rings is 1. The minimum atomic E-state index is -0.541. The molecule has 0 aromatic carbocycles. The Bertz CT molecular complexity index is 747. The number of aliphatic hydroxyl groups is 1. The predicted molar refractivity (Wildman–Crippen MR) is 89.7 cm³/mol. The lowest BCUT2D eigenvalue weighted by Gasteiger charge is -2.62. The molecule has 2 aromatic rings. The van der Waals surface area contributed by atoms with Gasteiger partial charge in [-0.3, -0.25) is 0 Å². The first-order valence-corrected chi connectivity index (χ1v) is 8.40. The number of nitrogen functional groups attached to an aromatic ring is 1. The van der Waals surface area contributed by atoms with Gasteiger partial charge in [-0.05, 0) is 49.7 Å². The first-order valence-electron chi connectivity index (χ1n) is 8.40. The van der Waals surface area contributed by atoms with Crippen molar-refractivity contribution in [1.29, 1.82) is 0 Å². The molecule has 1 unspecified atom stereocenters. The van der Waals surface area contributed by atoms with Gasteiger partial charge in [0.1, 0.15) is 17.7 Å². The van der Waals surface area contributed by atoms with Crippen LogP contribution in [0.5, 0.6) is 0 Å². The fraction of sp³-hybridized carbons (Fsp3) is 0.556. The van der Waals surface area contributed by atoms with Crippen LogP contribution in [-0.2, 0) is 5.54 Å². The highest BCUT2D eigenvalue weighted by atomic mass is 16.3. The molecule has 2 bridgehead atoms. The summed E-state index contributed by atoms with van der Waals surface area (Å²) in [5.41, 5.74) is 8.81. The van der Waals surface area contributed by atoms with Gasteiger partial charge >= 0.3 is 0 Å². The van der Waals surface area contributed by atoms with Gasteiger partial charge in [-0.2, -0.15) is 0 Å². The summed E-state index contributed by atoms with van der Waals surface area (Å²) in [5, 5.41) is 10.6. The minimum absolute atomic E-state index is 0.141. The third-order valence-corrected chi connectivity index (χ3v) is 5.56.